The second-order valence-corrected chi connectivity index (χ2v) is 5.92. The van der Waals surface area contributed by atoms with Gasteiger partial charge in [0.2, 0.25) is 5.91 Å². The second kappa shape index (κ2) is 5.94. The molecule has 0 radical (unpaired) electrons. The lowest BCUT2D eigenvalue weighted by molar-refractivity contribution is -0.124. The van der Waals surface area contributed by atoms with Crippen LogP contribution < -0.4 is 16.0 Å². The third-order valence-corrected chi connectivity index (χ3v) is 4.34. The van der Waals surface area contributed by atoms with Gasteiger partial charge < -0.3 is 16.0 Å². The molecule has 1 fully saturated rings. The van der Waals surface area contributed by atoms with Crippen molar-refractivity contribution in [2.45, 2.75) is 44.3 Å². The predicted molar refractivity (Wildman–Crippen MR) is 79.5 cm³/mol. The number of carbonyl (C=O) groups excluding carboxylic acids is 1. The molecule has 0 spiro atoms. The molecule has 4 heteroatoms. The summed E-state index contributed by atoms with van der Waals surface area (Å²) in [7, 11) is 0. The standard InChI is InChI=1S/C16H23N3O/c1-11-9-18-15(10-17-11)16(20)19-14-8-4-6-12-5-2-3-7-13(12)14/h2-3,5,7,11,14-15,17-18H,4,6,8-10H2,1H3,(H,19,20). The zero-order valence-corrected chi connectivity index (χ0v) is 12.0. The van der Waals surface area contributed by atoms with Crippen LogP contribution in [0.3, 0.4) is 0 Å². The number of fused-ring (bicyclic) bond motifs is 1. The molecular formula is C16H23N3O. The highest BCUT2D eigenvalue weighted by Gasteiger charge is 2.27. The van der Waals surface area contributed by atoms with E-state index in [1.807, 2.05) is 0 Å². The summed E-state index contributed by atoms with van der Waals surface area (Å²) >= 11 is 0. The average Bonchev–Trinajstić information content (AvgIpc) is 2.48. The quantitative estimate of drug-likeness (QED) is 0.757. The molecule has 1 aliphatic heterocycles. The summed E-state index contributed by atoms with van der Waals surface area (Å²) in [5, 5.41) is 9.87. The summed E-state index contributed by atoms with van der Waals surface area (Å²) in [6, 6.07) is 8.97. The van der Waals surface area contributed by atoms with Crippen molar-refractivity contribution in [1.29, 1.82) is 0 Å². The predicted octanol–water partition coefficient (Wildman–Crippen LogP) is 1.13. The number of piperazine rings is 1. The molecule has 1 aliphatic carbocycles. The van der Waals surface area contributed by atoms with Crippen molar-refractivity contribution in [3.05, 3.63) is 35.4 Å². The maximum absolute atomic E-state index is 12.4. The maximum Gasteiger partial charge on any atom is 0.238 e. The second-order valence-electron chi connectivity index (χ2n) is 5.92. The lowest BCUT2D eigenvalue weighted by atomic mass is 9.87. The van der Waals surface area contributed by atoms with Gasteiger partial charge >= 0.3 is 0 Å². The summed E-state index contributed by atoms with van der Waals surface area (Å²) in [5.74, 6) is 0.117. The molecule has 1 aromatic carbocycles. The number of benzene rings is 1. The van der Waals surface area contributed by atoms with Gasteiger partial charge in [-0.3, -0.25) is 4.79 Å². The summed E-state index contributed by atoms with van der Waals surface area (Å²) in [5.41, 5.74) is 2.68. The topological polar surface area (TPSA) is 53.2 Å². The Kier molecular flexibility index (Phi) is 4.03. The van der Waals surface area contributed by atoms with Crippen LogP contribution in [0, 0.1) is 0 Å². The lowest BCUT2D eigenvalue weighted by Crippen LogP contribution is -2.59. The van der Waals surface area contributed by atoms with Crippen LogP contribution in [0.15, 0.2) is 24.3 Å². The van der Waals surface area contributed by atoms with Crippen molar-refractivity contribution in [2.75, 3.05) is 13.1 Å². The van der Waals surface area contributed by atoms with Gasteiger partial charge in [0.1, 0.15) is 0 Å². The molecule has 1 heterocycles. The van der Waals surface area contributed by atoms with Gasteiger partial charge in [0.15, 0.2) is 0 Å². The van der Waals surface area contributed by atoms with E-state index in [4.69, 9.17) is 0 Å². The zero-order valence-electron chi connectivity index (χ0n) is 12.0. The Morgan fingerprint density at radius 2 is 2.10 bits per heavy atom. The molecule has 108 valence electrons. The first kappa shape index (κ1) is 13.6. The molecule has 2 aliphatic rings. The van der Waals surface area contributed by atoms with Crippen molar-refractivity contribution >= 4 is 5.91 Å². The molecule has 20 heavy (non-hydrogen) atoms. The summed E-state index contributed by atoms with van der Waals surface area (Å²) in [6.45, 7) is 3.68. The number of amides is 1. The molecule has 1 saturated heterocycles. The van der Waals surface area contributed by atoms with Crippen LogP contribution in [0.4, 0.5) is 0 Å². The Morgan fingerprint density at radius 3 is 2.90 bits per heavy atom. The third-order valence-electron chi connectivity index (χ3n) is 4.34. The molecule has 3 atom stereocenters. The molecule has 0 saturated carbocycles. The van der Waals surface area contributed by atoms with Crippen molar-refractivity contribution < 1.29 is 4.79 Å². The van der Waals surface area contributed by atoms with Crippen molar-refractivity contribution in [1.82, 2.24) is 16.0 Å². The Bertz CT molecular complexity index is 480. The van der Waals surface area contributed by atoms with E-state index in [2.05, 4.69) is 47.1 Å². The van der Waals surface area contributed by atoms with Crippen LogP contribution >= 0.6 is 0 Å². The van der Waals surface area contributed by atoms with Crippen LogP contribution in [-0.4, -0.2) is 31.1 Å². The van der Waals surface area contributed by atoms with Gasteiger partial charge in [-0.1, -0.05) is 24.3 Å². The third kappa shape index (κ3) is 2.86. The van der Waals surface area contributed by atoms with E-state index in [-0.39, 0.29) is 18.0 Å². The minimum absolute atomic E-state index is 0.111. The highest BCUT2D eigenvalue weighted by Crippen LogP contribution is 2.29. The summed E-state index contributed by atoms with van der Waals surface area (Å²) in [4.78, 5) is 12.4. The fourth-order valence-electron chi connectivity index (χ4n) is 3.14. The largest absolute Gasteiger partial charge is 0.348 e. The minimum atomic E-state index is -0.111. The van der Waals surface area contributed by atoms with Gasteiger partial charge in [-0.25, -0.2) is 0 Å². The van der Waals surface area contributed by atoms with Crippen LogP contribution in [0.2, 0.25) is 0 Å². The number of hydrogen-bond acceptors (Lipinski definition) is 3. The van der Waals surface area contributed by atoms with Gasteiger partial charge in [0.05, 0.1) is 12.1 Å². The van der Waals surface area contributed by atoms with E-state index in [1.54, 1.807) is 0 Å². The highest BCUT2D eigenvalue weighted by molar-refractivity contribution is 5.82. The first-order valence-electron chi connectivity index (χ1n) is 7.59. The van der Waals surface area contributed by atoms with E-state index >= 15 is 0 Å². The lowest BCUT2D eigenvalue weighted by Gasteiger charge is -2.31. The van der Waals surface area contributed by atoms with E-state index in [9.17, 15) is 4.79 Å². The SMILES string of the molecule is CC1CNC(C(=O)NC2CCCc3ccccc32)CN1. The zero-order chi connectivity index (χ0) is 13.9. The Morgan fingerprint density at radius 1 is 1.25 bits per heavy atom. The van der Waals surface area contributed by atoms with Crippen molar-refractivity contribution in [2.24, 2.45) is 0 Å². The Balaban J connectivity index is 1.65. The molecule has 3 rings (SSSR count). The van der Waals surface area contributed by atoms with Crippen LogP contribution in [0.25, 0.3) is 0 Å². The fraction of sp³-hybridized carbons (Fsp3) is 0.562. The number of aryl methyl sites for hydroxylation is 1. The molecule has 0 bridgehead atoms. The molecule has 1 amide bonds. The van der Waals surface area contributed by atoms with Gasteiger partial charge in [-0.15, -0.1) is 0 Å². The monoisotopic (exact) mass is 273 g/mol. The van der Waals surface area contributed by atoms with Crippen LogP contribution in [-0.2, 0) is 11.2 Å². The van der Waals surface area contributed by atoms with Gasteiger partial charge in [0, 0.05) is 19.1 Å². The molecule has 4 nitrogen and oxygen atoms in total. The minimum Gasteiger partial charge on any atom is -0.348 e. The summed E-state index contributed by atoms with van der Waals surface area (Å²) < 4.78 is 0. The van der Waals surface area contributed by atoms with Gasteiger partial charge in [-0.2, -0.15) is 0 Å². The molecule has 0 aromatic heterocycles. The number of carbonyl (C=O) groups is 1. The van der Waals surface area contributed by atoms with E-state index in [0.29, 0.717) is 12.6 Å². The summed E-state index contributed by atoms with van der Waals surface area (Å²) in [6.07, 6.45) is 3.32. The number of rotatable bonds is 2. The molecule has 1 aromatic rings. The normalized spacial score (nSPS) is 29.6. The molecule has 3 N–H and O–H groups in total. The van der Waals surface area contributed by atoms with E-state index < -0.39 is 0 Å². The van der Waals surface area contributed by atoms with E-state index in [1.165, 1.54) is 11.1 Å². The smallest absolute Gasteiger partial charge is 0.238 e. The van der Waals surface area contributed by atoms with Crippen molar-refractivity contribution in [3.63, 3.8) is 0 Å². The van der Waals surface area contributed by atoms with Crippen LogP contribution in [0.5, 0.6) is 0 Å². The van der Waals surface area contributed by atoms with Crippen molar-refractivity contribution in [3.8, 4) is 0 Å². The fourth-order valence-corrected chi connectivity index (χ4v) is 3.14. The first-order valence-corrected chi connectivity index (χ1v) is 7.59. The van der Waals surface area contributed by atoms with Gasteiger partial charge in [0.25, 0.3) is 0 Å². The Labute approximate surface area is 120 Å². The number of hydrogen-bond donors (Lipinski definition) is 3. The van der Waals surface area contributed by atoms with E-state index in [0.717, 1.165) is 25.8 Å². The Hall–Kier alpha value is -1.39. The number of nitrogens with one attached hydrogen (secondary N) is 3. The molecular weight excluding hydrogens is 250 g/mol. The maximum atomic E-state index is 12.4. The highest BCUT2D eigenvalue weighted by atomic mass is 16.2. The van der Waals surface area contributed by atoms with Crippen LogP contribution in [0.1, 0.15) is 36.9 Å². The first-order chi connectivity index (χ1) is 9.74. The average molecular weight is 273 g/mol. The molecule has 3 unspecified atom stereocenters. The van der Waals surface area contributed by atoms with Gasteiger partial charge in [-0.05, 0) is 37.3 Å².